The lowest BCUT2D eigenvalue weighted by molar-refractivity contribution is 0.623. The molecule has 3 aromatic rings. The van der Waals surface area contributed by atoms with E-state index in [0.29, 0.717) is 0 Å². The van der Waals surface area contributed by atoms with Crippen molar-refractivity contribution in [3.05, 3.63) is 54.1 Å². The monoisotopic (exact) mass is 255 g/mol. The topological polar surface area (TPSA) is 30.2 Å². The van der Waals surface area contributed by atoms with Crippen LogP contribution in [0.25, 0.3) is 16.9 Å². The van der Waals surface area contributed by atoms with Crippen molar-refractivity contribution in [1.82, 2.24) is 14.6 Å². The van der Waals surface area contributed by atoms with E-state index in [1.165, 1.54) is 12.4 Å². The highest BCUT2D eigenvalue weighted by Gasteiger charge is 2.09. The summed E-state index contributed by atoms with van der Waals surface area (Å²) in [7, 11) is 0. The quantitative estimate of drug-likeness (QED) is 0.699. The van der Waals surface area contributed by atoms with Crippen LogP contribution in [0.15, 0.2) is 42.7 Å². The lowest BCUT2D eigenvalue weighted by Gasteiger charge is -2.10. The van der Waals surface area contributed by atoms with E-state index in [0.717, 1.165) is 22.5 Å². The first-order valence-corrected chi connectivity index (χ1v) is 6.25. The minimum atomic E-state index is -0.224. The molecule has 0 N–H and O–H groups in total. The van der Waals surface area contributed by atoms with Crippen molar-refractivity contribution in [3.63, 3.8) is 0 Å². The summed E-state index contributed by atoms with van der Waals surface area (Å²) >= 11 is 0. The molecule has 0 amide bonds. The Kier molecular flexibility index (Phi) is 2.78. The molecule has 0 fully saturated rings. The predicted octanol–water partition coefficient (Wildman–Crippen LogP) is 3.66. The molecule has 0 aliphatic carbocycles. The van der Waals surface area contributed by atoms with Crippen LogP contribution in [-0.2, 0) is 0 Å². The van der Waals surface area contributed by atoms with Crippen LogP contribution in [0, 0.1) is 5.82 Å². The lowest BCUT2D eigenvalue weighted by atomic mass is 9.99. The maximum Gasteiger partial charge on any atom is 0.155 e. The van der Waals surface area contributed by atoms with Crippen LogP contribution >= 0.6 is 0 Å². The summed E-state index contributed by atoms with van der Waals surface area (Å²) in [6.45, 7) is 4.10. The fraction of sp³-hybridized carbons (Fsp3) is 0.200. The van der Waals surface area contributed by atoms with Crippen LogP contribution in [0.4, 0.5) is 4.39 Å². The van der Waals surface area contributed by atoms with Crippen molar-refractivity contribution in [2.24, 2.45) is 0 Å². The molecule has 0 atom stereocenters. The van der Waals surface area contributed by atoms with E-state index in [4.69, 9.17) is 0 Å². The Morgan fingerprint density at radius 3 is 2.79 bits per heavy atom. The van der Waals surface area contributed by atoms with Crippen molar-refractivity contribution in [2.75, 3.05) is 0 Å². The number of nitrogens with zero attached hydrogens (tertiary/aromatic N) is 3. The maximum absolute atomic E-state index is 13.8. The van der Waals surface area contributed by atoms with Crippen molar-refractivity contribution < 1.29 is 4.39 Å². The van der Waals surface area contributed by atoms with Gasteiger partial charge in [-0.15, -0.1) is 0 Å². The number of hydrogen-bond acceptors (Lipinski definition) is 2. The molecule has 0 bridgehead atoms. The van der Waals surface area contributed by atoms with Crippen molar-refractivity contribution in [2.45, 2.75) is 19.8 Å². The van der Waals surface area contributed by atoms with Gasteiger partial charge >= 0.3 is 0 Å². The molecule has 2 aromatic heterocycles. The number of hydrogen-bond donors (Lipinski definition) is 0. The van der Waals surface area contributed by atoms with Crippen LogP contribution < -0.4 is 0 Å². The number of fused-ring (bicyclic) bond motifs is 1. The van der Waals surface area contributed by atoms with Gasteiger partial charge in [0.2, 0.25) is 0 Å². The molecular formula is C15H14FN3. The Bertz CT molecular complexity index is 731. The first-order chi connectivity index (χ1) is 9.15. The molecule has 0 aliphatic heterocycles. The molecule has 0 radical (unpaired) electrons. The van der Waals surface area contributed by atoms with Crippen LogP contribution in [0.3, 0.4) is 0 Å². The first kappa shape index (κ1) is 11.8. The highest BCUT2D eigenvalue weighted by atomic mass is 19.1. The summed E-state index contributed by atoms with van der Waals surface area (Å²) in [5.74, 6) is 0.0581. The fourth-order valence-corrected chi connectivity index (χ4v) is 2.16. The molecule has 19 heavy (non-hydrogen) atoms. The first-order valence-electron chi connectivity index (χ1n) is 6.25. The van der Waals surface area contributed by atoms with Gasteiger partial charge in [-0.05, 0) is 41.8 Å². The summed E-state index contributed by atoms with van der Waals surface area (Å²) < 4.78 is 15.5. The molecule has 3 rings (SSSR count). The predicted molar refractivity (Wildman–Crippen MR) is 72.5 cm³/mol. The van der Waals surface area contributed by atoms with Crippen molar-refractivity contribution in [1.29, 1.82) is 0 Å². The van der Waals surface area contributed by atoms with Gasteiger partial charge in [-0.25, -0.2) is 13.9 Å². The Morgan fingerprint density at radius 1 is 1.16 bits per heavy atom. The fourth-order valence-electron chi connectivity index (χ4n) is 2.16. The molecule has 0 saturated heterocycles. The summed E-state index contributed by atoms with van der Waals surface area (Å²) in [4.78, 5) is 4.14. The Morgan fingerprint density at radius 2 is 2.00 bits per heavy atom. The molecule has 1 aromatic carbocycles. The zero-order valence-corrected chi connectivity index (χ0v) is 10.8. The Balaban J connectivity index is 2.24. The number of pyridine rings is 1. The summed E-state index contributed by atoms with van der Waals surface area (Å²) in [5.41, 5.74) is 3.40. The molecule has 96 valence electrons. The van der Waals surface area contributed by atoms with Gasteiger partial charge in [-0.2, -0.15) is 5.10 Å². The van der Waals surface area contributed by atoms with Gasteiger partial charge in [0.05, 0.1) is 5.69 Å². The second-order valence-corrected chi connectivity index (χ2v) is 4.87. The third-order valence-corrected chi connectivity index (χ3v) is 3.18. The normalized spacial score (nSPS) is 11.4. The van der Waals surface area contributed by atoms with E-state index < -0.39 is 0 Å². The molecule has 4 heteroatoms. The van der Waals surface area contributed by atoms with Gasteiger partial charge in [-0.3, -0.25) is 0 Å². The zero-order valence-electron chi connectivity index (χ0n) is 10.8. The van der Waals surface area contributed by atoms with E-state index in [-0.39, 0.29) is 11.7 Å². The van der Waals surface area contributed by atoms with Gasteiger partial charge in [0.1, 0.15) is 12.1 Å². The molecule has 0 aliphatic rings. The second kappa shape index (κ2) is 4.46. The van der Waals surface area contributed by atoms with Crippen LogP contribution in [0.1, 0.15) is 25.3 Å². The van der Waals surface area contributed by atoms with Gasteiger partial charge < -0.3 is 0 Å². The van der Waals surface area contributed by atoms with E-state index in [2.05, 4.69) is 23.9 Å². The van der Waals surface area contributed by atoms with Gasteiger partial charge in [0.15, 0.2) is 5.65 Å². The summed E-state index contributed by atoms with van der Waals surface area (Å²) in [5, 5.41) is 4.18. The van der Waals surface area contributed by atoms with E-state index >= 15 is 0 Å². The van der Waals surface area contributed by atoms with Crippen molar-refractivity contribution >= 4 is 5.65 Å². The van der Waals surface area contributed by atoms with Gasteiger partial charge in [-0.1, -0.05) is 19.9 Å². The standard InChI is InChI=1S/C15H14FN3/c1-10(2)11-6-12(8-13(16)7-11)14-4-3-5-15-17-9-18-19(14)15/h3-10H,1-2H3. The van der Waals surface area contributed by atoms with Crippen LogP contribution in [-0.4, -0.2) is 14.6 Å². The van der Waals surface area contributed by atoms with E-state index in [9.17, 15) is 4.39 Å². The largest absolute Gasteiger partial charge is 0.215 e. The third kappa shape index (κ3) is 2.10. The lowest BCUT2D eigenvalue weighted by Crippen LogP contribution is -1.96. The third-order valence-electron chi connectivity index (χ3n) is 3.18. The molecular weight excluding hydrogens is 241 g/mol. The summed E-state index contributed by atoms with van der Waals surface area (Å²) in [6.07, 6.45) is 1.50. The van der Waals surface area contributed by atoms with E-state index in [1.807, 2.05) is 24.3 Å². The zero-order chi connectivity index (χ0) is 13.4. The number of halogens is 1. The van der Waals surface area contributed by atoms with Gasteiger partial charge in [0.25, 0.3) is 0 Å². The minimum absolute atomic E-state index is 0.224. The highest BCUT2D eigenvalue weighted by Crippen LogP contribution is 2.25. The molecule has 0 spiro atoms. The minimum Gasteiger partial charge on any atom is -0.215 e. The number of aromatic nitrogens is 3. The molecule has 0 saturated carbocycles. The SMILES string of the molecule is CC(C)c1cc(F)cc(-c2cccc3ncnn23)c1. The molecule has 3 nitrogen and oxygen atoms in total. The van der Waals surface area contributed by atoms with Crippen LogP contribution in [0.2, 0.25) is 0 Å². The average molecular weight is 255 g/mol. The molecule has 2 heterocycles. The second-order valence-electron chi connectivity index (χ2n) is 4.87. The highest BCUT2D eigenvalue weighted by molar-refractivity contribution is 5.63. The van der Waals surface area contributed by atoms with Crippen LogP contribution in [0.5, 0.6) is 0 Å². The average Bonchev–Trinajstić information content (AvgIpc) is 2.85. The number of rotatable bonds is 2. The number of benzene rings is 1. The Hall–Kier alpha value is -2.23. The van der Waals surface area contributed by atoms with E-state index in [1.54, 1.807) is 10.6 Å². The van der Waals surface area contributed by atoms with Gasteiger partial charge in [0, 0.05) is 5.56 Å². The molecule has 0 unspecified atom stereocenters. The van der Waals surface area contributed by atoms with Crippen molar-refractivity contribution in [3.8, 4) is 11.3 Å². The summed E-state index contributed by atoms with van der Waals surface area (Å²) in [6, 6.07) is 10.8. The smallest absolute Gasteiger partial charge is 0.155 e. The Labute approximate surface area is 110 Å². The maximum atomic E-state index is 13.8.